The second-order valence-electron chi connectivity index (χ2n) is 6.96. The van der Waals surface area contributed by atoms with Crippen LogP contribution in [0.25, 0.3) is 0 Å². The molecule has 4 nitrogen and oxygen atoms in total. The zero-order chi connectivity index (χ0) is 18.1. The predicted molar refractivity (Wildman–Crippen MR) is 107 cm³/mol. The van der Waals surface area contributed by atoms with E-state index in [4.69, 9.17) is 4.74 Å². The lowest BCUT2D eigenvalue weighted by Gasteiger charge is -2.39. The van der Waals surface area contributed by atoms with Gasteiger partial charge in [-0.2, -0.15) is 0 Å². The minimum atomic E-state index is -0.117. The summed E-state index contributed by atoms with van der Waals surface area (Å²) < 4.78 is 7.03. The number of hydrogen-bond donors (Lipinski definition) is 0. The van der Waals surface area contributed by atoms with Crippen molar-refractivity contribution < 1.29 is 9.53 Å². The summed E-state index contributed by atoms with van der Waals surface area (Å²) in [6.07, 6.45) is 0.997. The minimum absolute atomic E-state index is 0.0151. The fourth-order valence-electron chi connectivity index (χ4n) is 3.79. The monoisotopic (exact) mass is 434 g/mol. The fourth-order valence-corrected chi connectivity index (χ4v) is 5.09. The summed E-state index contributed by atoms with van der Waals surface area (Å²) in [6, 6.07) is 10.3. The number of nitrogens with zero attached hydrogens (tertiary/aromatic N) is 2. The Morgan fingerprint density at radius 3 is 3.08 bits per heavy atom. The number of benzene rings is 1. The predicted octanol–water partition coefficient (Wildman–Crippen LogP) is 3.86. The van der Waals surface area contributed by atoms with Gasteiger partial charge in [0.2, 0.25) is 5.91 Å². The number of amides is 1. The first-order valence-corrected chi connectivity index (χ1v) is 10.7. The first kappa shape index (κ1) is 18.2. The van der Waals surface area contributed by atoms with Crippen molar-refractivity contribution in [3.05, 3.63) is 56.2 Å². The van der Waals surface area contributed by atoms with Gasteiger partial charge < -0.3 is 9.64 Å². The second kappa shape index (κ2) is 7.80. The molecule has 0 bridgehead atoms. The summed E-state index contributed by atoms with van der Waals surface area (Å²) in [7, 11) is 0. The number of hydrogen-bond acceptors (Lipinski definition) is 4. The highest BCUT2D eigenvalue weighted by Crippen LogP contribution is 2.28. The van der Waals surface area contributed by atoms with Gasteiger partial charge in [-0.3, -0.25) is 9.69 Å². The Morgan fingerprint density at radius 1 is 1.35 bits per heavy atom. The second-order valence-corrected chi connectivity index (χ2v) is 8.88. The molecule has 2 atom stereocenters. The molecule has 0 N–H and O–H groups in total. The van der Waals surface area contributed by atoms with Crippen LogP contribution in [0.2, 0.25) is 0 Å². The molecule has 26 heavy (non-hydrogen) atoms. The highest BCUT2D eigenvalue weighted by Gasteiger charge is 2.32. The van der Waals surface area contributed by atoms with Crippen LogP contribution in [-0.4, -0.2) is 48.0 Å². The van der Waals surface area contributed by atoms with E-state index in [1.165, 1.54) is 10.4 Å². The molecule has 1 aromatic carbocycles. The summed E-state index contributed by atoms with van der Waals surface area (Å²) in [5, 5.41) is 2.13. The van der Waals surface area contributed by atoms with Crippen LogP contribution in [0.4, 0.5) is 0 Å². The Kier molecular flexibility index (Phi) is 5.45. The van der Waals surface area contributed by atoms with Crippen molar-refractivity contribution in [2.24, 2.45) is 0 Å². The summed E-state index contributed by atoms with van der Waals surface area (Å²) >= 11 is 5.33. The lowest BCUT2D eigenvalue weighted by Crippen LogP contribution is -2.52. The zero-order valence-corrected chi connectivity index (χ0v) is 17.3. The number of ether oxygens (including phenoxy) is 1. The Bertz CT molecular complexity index is 794. The molecule has 2 aromatic rings. The molecule has 0 radical (unpaired) electrons. The number of thiophene rings is 1. The molecule has 6 heteroatoms. The molecule has 138 valence electrons. The standard InChI is InChI=1S/C20H23BrN2O2S/c1-14(20(24)23-7-5-19-16(12-23)6-10-26-19)22-8-9-25-18(13-22)15-3-2-4-17(21)11-15/h2-4,6,10-11,14,18H,5,7-9,12-13H2,1H3. The molecule has 1 saturated heterocycles. The first-order valence-electron chi connectivity index (χ1n) is 9.07. The number of carbonyl (C=O) groups excluding carboxylic acids is 1. The van der Waals surface area contributed by atoms with Crippen LogP contribution < -0.4 is 0 Å². The van der Waals surface area contributed by atoms with Gasteiger partial charge in [-0.05, 0) is 48.1 Å². The van der Waals surface area contributed by atoms with E-state index >= 15 is 0 Å². The molecule has 0 spiro atoms. The van der Waals surface area contributed by atoms with E-state index in [-0.39, 0.29) is 18.1 Å². The maximum absolute atomic E-state index is 13.1. The number of halogens is 1. The number of rotatable bonds is 3. The van der Waals surface area contributed by atoms with Gasteiger partial charge in [0, 0.05) is 35.5 Å². The highest BCUT2D eigenvalue weighted by molar-refractivity contribution is 9.10. The third-order valence-electron chi connectivity index (χ3n) is 5.34. The Balaban J connectivity index is 1.42. The lowest BCUT2D eigenvalue weighted by molar-refractivity contribution is -0.140. The van der Waals surface area contributed by atoms with Crippen LogP contribution >= 0.6 is 27.3 Å². The lowest BCUT2D eigenvalue weighted by atomic mass is 10.1. The average molecular weight is 435 g/mol. The quantitative estimate of drug-likeness (QED) is 0.734. The van der Waals surface area contributed by atoms with Gasteiger partial charge in [0.25, 0.3) is 0 Å². The van der Waals surface area contributed by atoms with E-state index in [9.17, 15) is 4.79 Å². The Labute approximate surface area is 166 Å². The van der Waals surface area contributed by atoms with Crippen molar-refractivity contribution in [2.75, 3.05) is 26.2 Å². The average Bonchev–Trinajstić information content (AvgIpc) is 3.14. The van der Waals surface area contributed by atoms with Crippen molar-refractivity contribution in [1.29, 1.82) is 0 Å². The zero-order valence-electron chi connectivity index (χ0n) is 14.9. The van der Waals surface area contributed by atoms with E-state index in [1.54, 1.807) is 11.3 Å². The summed E-state index contributed by atoms with van der Waals surface area (Å²) in [6.45, 7) is 5.82. The van der Waals surface area contributed by atoms with Gasteiger partial charge >= 0.3 is 0 Å². The molecule has 1 amide bonds. The third-order valence-corrected chi connectivity index (χ3v) is 6.86. The van der Waals surface area contributed by atoms with Gasteiger partial charge in [-0.1, -0.05) is 28.1 Å². The molecular formula is C20H23BrN2O2S. The maximum Gasteiger partial charge on any atom is 0.239 e. The van der Waals surface area contributed by atoms with Gasteiger partial charge in [0.15, 0.2) is 0 Å². The van der Waals surface area contributed by atoms with Crippen molar-refractivity contribution in [3.8, 4) is 0 Å². The smallest absolute Gasteiger partial charge is 0.239 e. The van der Waals surface area contributed by atoms with Crippen LogP contribution in [0.15, 0.2) is 40.2 Å². The fraction of sp³-hybridized carbons (Fsp3) is 0.450. The molecule has 2 aliphatic heterocycles. The minimum Gasteiger partial charge on any atom is -0.371 e. The molecule has 4 rings (SSSR count). The molecular weight excluding hydrogens is 412 g/mol. The topological polar surface area (TPSA) is 32.8 Å². The number of morpholine rings is 1. The van der Waals surface area contributed by atoms with E-state index in [0.717, 1.165) is 42.6 Å². The van der Waals surface area contributed by atoms with Crippen LogP contribution in [0, 0.1) is 0 Å². The van der Waals surface area contributed by atoms with E-state index in [0.29, 0.717) is 6.61 Å². The molecule has 1 aromatic heterocycles. The van der Waals surface area contributed by atoms with Crippen molar-refractivity contribution >= 4 is 33.2 Å². The Morgan fingerprint density at radius 2 is 2.23 bits per heavy atom. The SMILES string of the molecule is CC(C(=O)N1CCc2sccc2C1)N1CCOC(c2cccc(Br)c2)C1. The molecule has 0 saturated carbocycles. The van der Waals surface area contributed by atoms with Crippen LogP contribution in [0.5, 0.6) is 0 Å². The molecule has 3 heterocycles. The van der Waals surface area contributed by atoms with Gasteiger partial charge in [0.1, 0.15) is 0 Å². The van der Waals surface area contributed by atoms with E-state index < -0.39 is 0 Å². The van der Waals surface area contributed by atoms with Crippen LogP contribution in [0.3, 0.4) is 0 Å². The number of carbonyl (C=O) groups is 1. The normalized spacial score (nSPS) is 22.1. The summed E-state index contributed by atoms with van der Waals surface area (Å²) in [5.41, 5.74) is 2.47. The van der Waals surface area contributed by atoms with Gasteiger partial charge in [0.05, 0.1) is 18.8 Å². The Hall–Kier alpha value is -1.21. The molecule has 2 aliphatic rings. The van der Waals surface area contributed by atoms with Crippen molar-refractivity contribution in [3.63, 3.8) is 0 Å². The van der Waals surface area contributed by atoms with Crippen LogP contribution in [-0.2, 0) is 22.5 Å². The van der Waals surface area contributed by atoms with Crippen molar-refractivity contribution in [2.45, 2.75) is 32.0 Å². The first-order chi connectivity index (χ1) is 12.6. The summed E-state index contributed by atoms with van der Waals surface area (Å²) in [5.74, 6) is 0.233. The van der Waals surface area contributed by atoms with Gasteiger partial charge in [-0.25, -0.2) is 0 Å². The highest BCUT2D eigenvalue weighted by atomic mass is 79.9. The molecule has 2 unspecified atom stereocenters. The van der Waals surface area contributed by atoms with E-state index in [2.05, 4.69) is 44.4 Å². The van der Waals surface area contributed by atoms with Crippen molar-refractivity contribution in [1.82, 2.24) is 9.80 Å². The molecule has 0 aliphatic carbocycles. The summed E-state index contributed by atoms with van der Waals surface area (Å²) in [4.78, 5) is 18.8. The number of fused-ring (bicyclic) bond motifs is 1. The van der Waals surface area contributed by atoms with E-state index in [1.807, 2.05) is 24.0 Å². The maximum atomic E-state index is 13.1. The third kappa shape index (κ3) is 3.74. The largest absolute Gasteiger partial charge is 0.371 e. The van der Waals surface area contributed by atoms with Gasteiger partial charge in [-0.15, -0.1) is 11.3 Å². The van der Waals surface area contributed by atoms with Crippen LogP contribution in [0.1, 0.15) is 29.0 Å². The molecule has 1 fully saturated rings.